The van der Waals surface area contributed by atoms with Gasteiger partial charge in [0.15, 0.2) is 0 Å². The van der Waals surface area contributed by atoms with Gasteiger partial charge in [0, 0.05) is 11.6 Å². The molecule has 39 heavy (non-hydrogen) atoms. The minimum atomic E-state index is -1.21. The van der Waals surface area contributed by atoms with Crippen molar-refractivity contribution in [1.82, 2.24) is 14.9 Å². The number of hydrogen-bond acceptors (Lipinski definition) is 5. The molecule has 4 atom stereocenters. The second-order valence-corrected chi connectivity index (χ2v) is 11.3. The number of nitrogens with one attached hydrogen (secondary N) is 1. The zero-order valence-corrected chi connectivity index (χ0v) is 21.9. The Labute approximate surface area is 228 Å². The van der Waals surface area contributed by atoms with Gasteiger partial charge in [0.1, 0.15) is 17.2 Å². The molecule has 0 unspecified atom stereocenters. The third-order valence-corrected chi connectivity index (χ3v) is 8.54. The number of fused-ring (bicyclic) bond motifs is 8. The Morgan fingerprint density at radius 3 is 2.54 bits per heavy atom. The fourth-order valence-electron chi connectivity index (χ4n) is 6.81. The highest BCUT2D eigenvalue weighted by Crippen LogP contribution is 2.56. The molecule has 1 aromatic heterocycles. The SMILES string of the molecule is CC(C)C[C@H]1N[C@]2(c3ccccc3-n3c2nc2ccccc2c3=O)[C@H]2C(=O)N(c3ccc(F)c(Cl)c3)C(=O)[C@@H]12. The molecule has 3 aromatic carbocycles. The molecule has 3 aliphatic rings. The first-order valence-corrected chi connectivity index (χ1v) is 13.3. The lowest BCUT2D eigenvalue weighted by Crippen LogP contribution is -2.50. The molecule has 3 aliphatic heterocycles. The molecule has 0 saturated carbocycles. The van der Waals surface area contributed by atoms with Crippen molar-refractivity contribution in [2.45, 2.75) is 31.8 Å². The summed E-state index contributed by atoms with van der Waals surface area (Å²) in [6.07, 6.45) is 0.625. The van der Waals surface area contributed by atoms with Gasteiger partial charge in [-0.3, -0.25) is 24.3 Å². The van der Waals surface area contributed by atoms with E-state index < -0.39 is 29.1 Å². The predicted octanol–water partition coefficient (Wildman–Crippen LogP) is 4.56. The molecule has 2 fully saturated rings. The van der Waals surface area contributed by atoms with Gasteiger partial charge in [-0.1, -0.05) is 55.8 Å². The monoisotopic (exact) mass is 542 g/mol. The van der Waals surface area contributed by atoms with E-state index in [0.29, 0.717) is 28.8 Å². The normalized spacial score (nSPS) is 25.2. The first kappa shape index (κ1) is 24.2. The van der Waals surface area contributed by atoms with Crippen LogP contribution in [0.1, 0.15) is 31.7 Å². The molecule has 2 amide bonds. The Morgan fingerprint density at radius 1 is 1.03 bits per heavy atom. The third-order valence-electron chi connectivity index (χ3n) is 8.25. The van der Waals surface area contributed by atoms with Crippen molar-refractivity contribution in [1.29, 1.82) is 0 Å². The van der Waals surface area contributed by atoms with Crippen LogP contribution < -0.4 is 15.8 Å². The minimum Gasteiger partial charge on any atom is -0.297 e. The summed E-state index contributed by atoms with van der Waals surface area (Å²) in [7, 11) is 0. The van der Waals surface area contributed by atoms with Crippen molar-refractivity contribution in [2.24, 2.45) is 17.8 Å². The van der Waals surface area contributed by atoms with E-state index in [0.717, 1.165) is 16.5 Å². The third kappa shape index (κ3) is 3.13. The van der Waals surface area contributed by atoms with Crippen LogP contribution in [0.5, 0.6) is 0 Å². The van der Waals surface area contributed by atoms with E-state index in [1.807, 2.05) is 30.3 Å². The Balaban J connectivity index is 1.51. The summed E-state index contributed by atoms with van der Waals surface area (Å²) in [5, 5.41) is 3.98. The molecule has 2 saturated heterocycles. The number of amides is 2. The van der Waals surface area contributed by atoms with Gasteiger partial charge < -0.3 is 0 Å². The average Bonchev–Trinajstić information content (AvgIpc) is 3.49. The summed E-state index contributed by atoms with van der Waals surface area (Å²) < 4.78 is 15.6. The quantitative estimate of drug-likeness (QED) is 0.384. The van der Waals surface area contributed by atoms with Gasteiger partial charge >= 0.3 is 0 Å². The highest BCUT2D eigenvalue weighted by atomic mass is 35.5. The van der Waals surface area contributed by atoms with E-state index in [4.69, 9.17) is 16.6 Å². The number of anilines is 1. The first-order chi connectivity index (χ1) is 18.7. The van der Waals surface area contributed by atoms with E-state index in [1.165, 1.54) is 12.1 Å². The van der Waals surface area contributed by atoms with Crippen LogP contribution >= 0.6 is 11.6 Å². The fraction of sp³-hybridized carbons (Fsp3) is 0.267. The van der Waals surface area contributed by atoms with Gasteiger partial charge in [-0.25, -0.2) is 14.3 Å². The molecule has 0 bridgehead atoms. The molecule has 4 aromatic rings. The first-order valence-electron chi connectivity index (χ1n) is 13.0. The van der Waals surface area contributed by atoms with Crippen molar-refractivity contribution in [2.75, 3.05) is 4.90 Å². The number of carbonyl (C=O) groups excluding carboxylic acids is 2. The Kier molecular flexibility index (Phi) is 5.15. The van der Waals surface area contributed by atoms with Crippen LogP contribution in [0, 0.1) is 23.6 Å². The van der Waals surface area contributed by atoms with Crippen molar-refractivity contribution >= 4 is 40.0 Å². The standard InChI is InChI=1S/C30H24ClFN4O3/c1-15(2)13-22-24-25(28(39)35(27(24)38)16-11-12-20(32)19(31)14-16)30(34-22)18-8-4-6-10-23(18)36-26(37)17-7-3-5-9-21(17)33-29(30)36/h3-12,14-15,22,24-25,34H,13H2,1-2H3/t22-,24+,25-,30-/m1/s1. The minimum absolute atomic E-state index is 0.173. The highest BCUT2D eigenvalue weighted by Gasteiger charge is 2.69. The summed E-state index contributed by atoms with van der Waals surface area (Å²) >= 11 is 6.05. The number of rotatable bonds is 3. The topological polar surface area (TPSA) is 84.3 Å². The maximum atomic E-state index is 14.4. The molecule has 1 N–H and O–H groups in total. The summed E-state index contributed by atoms with van der Waals surface area (Å²) in [5.41, 5.74) is 0.659. The van der Waals surface area contributed by atoms with Gasteiger partial charge in [0.25, 0.3) is 5.56 Å². The van der Waals surface area contributed by atoms with Crippen LogP contribution in [0.3, 0.4) is 0 Å². The lowest BCUT2D eigenvalue weighted by atomic mass is 9.75. The van der Waals surface area contributed by atoms with E-state index >= 15 is 0 Å². The van der Waals surface area contributed by atoms with Crippen LogP contribution in [-0.2, 0) is 15.1 Å². The Bertz CT molecular complexity index is 1790. The number of hydrogen-bond donors (Lipinski definition) is 1. The van der Waals surface area contributed by atoms with Crippen molar-refractivity contribution in [3.05, 3.63) is 99.3 Å². The number of nitrogens with zero attached hydrogens (tertiary/aromatic N) is 3. The maximum absolute atomic E-state index is 14.4. The molecular weight excluding hydrogens is 519 g/mol. The molecule has 7 rings (SSSR count). The van der Waals surface area contributed by atoms with E-state index in [1.54, 1.807) is 22.8 Å². The summed E-state index contributed by atoms with van der Waals surface area (Å²) in [6.45, 7) is 4.13. The molecular formula is C30H24ClFN4O3. The second kappa shape index (κ2) is 8.31. The van der Waals surface area contributed by atoms with Crippen molar-refractivity contribution in [3.63, 3.8) is 0 Å². The molecule has 1 spiro atoms. The molecule has 4 heterocycles. The molecule has 0 aliphatic carbocycles. The van der Waals surface area contributed by atoms with E-state index in [2.05, 4.69) is 19.2 Å². The van der Waals surface area contributed by atoms with E-state index in [9.17, 15) is 18.8 Å². The Hall–Kier alpha value is -3.88. The van der Waals surface area contributed by atoms with Crippen LogP contribution in [-0.4, -0.2) is 27.4 Å². The van der Waals surface area contributed by atoms with Gasteiger partial charge in [-0.2, -0.15) is 0 Å². The summed E-state index contributed by atoms with van der Waals surface area (Å²) in [5.74, 6) is -2.41. The van der Waals surface area contributed by atoms with Gasteiger partial charge in [-0.15, -0.1) is 0 Å². The van der Waals surface area contributed by atoms with Crippen LogP contribution in [0.25, 0.3) is 16.6 Å². The van der Waals surface area contributed by atoms with Gasteiger partial charge in [0.2, 0.25) is 11.8 Å². The lowest BCUT2D eigenvalue weighted by molar-refractivity contribution is -0.123. The zero-order valence-electron chi connectivity index (χ0n) is 21.2. The average molecular weight is 543 g/mol. The molecule has 9 heteroatoms. The second-order valence-electron chi connectivity index (χ2n) is 10.9. The summed E-state index contributed by atoms with van der Waals surface area (Å²) in [6, 6.07) is 18.1. The number of aromatic nitrogens is 2. The highest BCUT2D eigenvalue weighted by molar-refractivity contribution is 6.31. The fourth-order valence-corrected chi connectivity index (χ4v) is 6.98. The van der Waals surface area contributed by atoms with Crippen molar-refractivity contribution < 1.29 is 14.0 Å². The number of halogens is 2. The van der Waals surface area contributed by atoms with Crippen molar-refractivity contribution in [3.8, 4) is 5.69 Å². The van der Waals surface area contributed by atoms with E-state index in [-0.39, 0.29) is 34.1 Å². The number of para-hydroxylation sites is 2. The lowest BCUT2D eigenvalue weighted by Gasteiger charge is -2.32. The smallest absolute Gasteiger partial charge is 0.266 e. The Morgan fingerprint density at radius 2 is 1.77 bits per heavy atom. The number of imide groups is 1. The maximum Gasteiger partial charge on any atom is 0.266 e. The molecule has 0 radical (unpaired) electrons. The summed E-state index contributed by atoms with van der Waals surface area (Å²) in [4.78, 5) is 48.4. The molecule has 7 nitrogen and oxygen atoms in total. The van der Waals surface area contributed by atoms with Crippen LogP contribution in [0.4, 0.5) is 10.1 Å². The van der Waals surface area contributed by atoms with Crippen LogP contribution in [0.2, 0.25) is 5.02 Å². The predicted molar refractivity (Wildman–Crippen MR) is 145 cm³/mol. The molecule has 196 valence electrons. The zero-order chi connectivity index (χ0) is 27.2. The van der Waals surface area contributed by atoms with Crippen LogP contribution in [0.15, 0.2) is 71.5 Å². The largest absolute Gasteiger partial charge is 0.297 e. The van der Waals surface area contributed by atoms with Gasteiger partial charge in [0.05, 0.1) is 39.1 Å². The number of benzene rings is 3. The number of carbonyl (C=O) groups is 2. The van der Waals surface area contributed by atoms with Gasteiger partial charge in [-0.05, 0) is 48.7 Å².